The van der Waals surface area contributed by atoms with Gasteiger partial charge in [0.1, 0.15) is 5.82 Å². The van der Waals surface area contributed by atoms with Gasteiger partial charge in [-0.25, -0.2) is 14.2 Å². The van der Waals surface area contributed by atoms with Crippen molar-refractivity contribution in [2.75, 3.05) is 20.8 Å². The number of halogens is 1. The highest BCUT2D eigenvalue weighted by molar-refractivity contribution is 7.07. The molecule has 41 heavy (non-hydrogen) atoms. The van der Waals surface area contributed by atoms with E-state index in [-0.39, 0.29) is 23.6 Å². The number of fused-ring (bicyclic) bond motifs is 1. The van der Waals surface area contributed by atoms with E-state index in [2.05, 4.69) is 4.99 Å². The SMILES string of the molecule is CCOC(=O)C1=C(C)N=c2s/c(=C\c3cc(C)n(-c4ccc(F)cc4)c3C)c(=O)n2[C@@H]1c1ccc(OC)c(OC)c1. The van der Waals surface area contributed by atoms with Crippen molar-refractivity contribution >= 4 is 23.4 Å². The van der Waals surface area contributed by atoms with Gasteiger partial charge in [0.25, 0.3) is 5.56 Å². The molecule has 1 aliphatic rings. The highest BCUT2D eigenvalue weighted by Gasteiger charge is 2.34. The molecule has 0 spiro atoms. The molecule has 0 radical (unpaired) electrons. The average molecular weight is 576 g/mol. The minimum atomic E-state index is -0.779. The number of hydrogen-bond acceptors (Lipinski definition) is 7. The molecule has 5 rings (SSSR count). The number of nitrogens with zero attached hydrogens (tertiary/aromatic N) is 3. The van der Waals surface area contributed by atoms with E-state index in [1.807, 2.05) is 30.6 Å². The van der Waals surface area contributed by atoms with E-state index in [1.165, 1.54) is 35.1 Å². The number of esters is 1. The van der Waals surface area contributed by atoms with Crippen LogP contribution >= 0.6 is 11.3 Å². The van der Waals surface area contributed by atoms with E-state index in [0.29, 0.717) is 32.1 Å². The van der Waals surface area contributed by atoms with Crippen LogP contribution in [0.1, 0.15) is 42.4 Å². The first-order chi connectivity index (χ1) is 19.7. The molecule has 4 aromatic rings. The summed E-state index contributed by atoms with van der Waals surface area (Å²) >= 11 is 1.25. The van der Waals surface area contributed by atoms with Crippen LogP contribution in [0.2, 0.25) is 0 Å². The number of aromatic nitrogens is 2. The minimum absolute atomic E-state index is 0.183. The smallest absolute Gasteiger partial charge is 0.338 e. The summed E-state index contributed by atoms with van der Waals surface area (Å²) in [5.74, 6) is 0.154. The molecule has 0 fully saturated rings. The van der Waals surface area contributed by atoms with Crippen molar-refractivity contribution in [1.82, 2.24) is 9.13 Å². The molecule has 212 valence electrons. The van der Waals surface area contributed by atoms with E-state index in [9.17, 15) is 14.0 Å². The fourth-order valence-electron chi connectivity index (χ4n) is 5.19. The van der Waals surface area contributed by atoms with Gasteiger partial charge in [-0.3, -0.25) is 9.36 Å². The van der Waals surface area contributed by atoms with Crippen molar-refractivity contribution in [1.29, 1.82) is 0 Å². The molecule has 2 aromatic heterocycles. The summed E-state index contributed by atoms with van der Waals surface area (Å²) in [5.41, 5.74) is 4.65. The molecule has 8 nitrogen and oxygen atoms in total. The number of allylic oxidation sites excluding steroid dienone is 1. The number of rotatable bonds is 7. The molecule has 10 heteroatoms. The van der Waals surface area contributed by atoms with Crippen LogP contribution in [0.3, 0.4) is 0 Å². The Kier molecular flexibility index (Phi) is 7.68. The van der Waals surface area contributed by atoms with Gasteiger partial charge < -0.3 is 18.8 Å². The second kappa shape index (κ2) is 11.2. The van der Waals surface area contributed by atoms with Crippen LogP contribution in [-0.2, 0) is 9.53 Å². The predicted molar refractivity (Wildman–Crippen MR) is 155 cm³/mol. The molecule has 1 aliphatic heterocycles. The van der Waals surface area contributed by atoms with Crippen LogP contribution in [0.15, 0.2) is 69.6 Å². The Labute approximate surface area is 240 Å². The maximum Gasteiger partial charge on any atom is 0.338 e. The van der Waals surface area contributed by atoms with Crippen LogP contribution in [0.25, 0.3) is 11.8 Å². The minimum Gasteiger partial charge on any atom is -0.493 e. The second-order valence-electron chi connectivity index (χ2n) is 9.55. The molecule has 3 heterocycles. The lowest BCUT2D eigenvalue weighted by Crippen LogP contribution is -2.40. The Morgan fingerprint density at radius 2 is 1.76 bits per heavy atom. The van der Waals surface area contributed by atoms with Crippen molar-refractivity contribution in [3.8, 4) is 17.2 Å². The van der Waals surface area contributed by atoms with Gasteiger partial charge in [-0.15, -0.1) is 0 Å². The van der Waals surface area contributed by atoms with Crippen molar-refractivity contribution < 1.29 is 23.4 Å². The number of benzene rings is 2. The quantitative estimate of drug-likeness (QED) is 0.306. The fourth-order valence-corrected chi connectivity index (χ4v) is 6.23. The van der Waals surface area contributed by atoms with Gasteiger partial charge in [0.05, 0.1) is 42.7 Å². The first-order valence-electron chi connectivity index (χ1n) is 13.0. The third-order valence-corrected chi connectivity index (χ3v) is 8.07. The van der Waals surface area contributed by atoms with E-state index < -0.39 is 12.0 Å². The zero-order valence-corrected chi connectivity index (χ0v) is 24.5. The Bertz CT molecular complexity index is 1860. The number of thiazole rings is 1. The molecule has 0 N–H and O–H groups in total. The van der Waals surface area contributed by atoms with Gasteiger partial charge in [-0.05, 0) is 87.4 Å². The number of aryl methyl sites for hydroxylation is 1. The number of carbonyl (C=O) groups excluding carboxylic acids is 1. The first kappa shape index (κ1) is 28.1. The lowest BCUT2D eigenvalue weighted by atomic mass is 9.95. The highest BCUT2D eigenvalue weighted by atomic mass is 32.1. The van der Waals surface area contributed by atoms with E-state index in [1.54, 1.807) is 51.3 Å². The van der Waals surface area contributed by atoms with Gasteiger partial charge in [0.2, 0.25) is 0 Å². The largest absolute Gasteiger partial charge is 0.493 e. The molecule has 0 saturated carbocycles. The third kappa shape index (κ3) is 4.99. The Hall–Kier alpha value is -4.44. The second-order valence-corrected chi connectivity index (χ2v) is 10.6. The maximum atomic E-state index is 14.0. The van der Waals surface area contributed by atoms with Crippen molar-refractivity contribution in [2.24, 2.45) is 4.99 Å². The van der Waals surface area contributed by atoms with Crippen LogP contribution < -0.4 is 24.4 Å². The number of ether oxygens (including phenoxy) is 3. The first-order valence-corrected chi connectivity index (χ1v) is 13.9. The summed E-state index contributed by atoms with van der Waals surface area (Å²) < 4.78 is 33.8. The zero-order chi connectivity index (χ0) is 29.4. The average Bonchev–Trinajstić information content (AvgIpc) is 3.41. The summed E-state index contributed by atoms with van der Waals surface area (Å²) in [6, 6.07) is 12.8. The lowest BCUT2D eigenvalue weighted by molar-refractivity contribution is -0.139. The summed E-state index contributed by atoms with van der Waals surface area (Å²) in [4.78, 5) is 32.3. The van der Waals surface area contributed by atoms with Crippen LogP contribution in [0, 0.1) is 19.7 Å². The monoisotopic (exact) mass is 575 g/mol. The molecular formula is C31H30FN3O5S. The molecule has 0 saturated heterocycles. The van der Waals surface area contributed by atoms with Gasteiger partial charge >= 0.3 is 5.97 Å². The summed E-state index contributed by atoms with van der Waals surface area (Å²) in [6.45, 7) is 7.57. The Balaban J connectivity index is 1.70. The number of methoxy groups -OCH3 is 2. The van der Waals surface area contributed by atoms with Crippen LogP contribution in [0.5, 0.6) is 11.5 Å². The van der Waals surface area contributed by atoms with Crippen molar-refractivity contribution in [3.05, 3.63) is 108 Å². The molecule has 0 unspecified atom stereocenters. The summed E-state index contributed by atoms with van der Waals surface area (Å²) in [6.07, 6.45) is 1.83. The van der Waals surface area contributed by atoms with Gasteiger partial charge in [-0.1, -0.05) is 17.4 Å². The number of carbonyl (C=O) groups is 1. The normalized spacial score (nSPS) is 15.0. The fraction of sp³-hybridized carbons (Fsp3) is 0.258. The topological polar surface area (TPSA) is 84.1 Å². The molecule has 0 aliphatic carbocycles. The summed E-state index contributed by atoms with van der Waals surface area (Å²) in [7, 11) is 3.07. The molecular weight excluding hydrogens is 545 g/mol. The van der Waals surface area contributed by atoms with Gasteiger partial charge in [0, 0.05) is 17.1 Å². The zero-order valence-electron chi connectivity index (χ0n) is 23.6. The van der Waals surface area contributed by atoms with Crippen LogP contribution in [-0.4, -0.2) is 35.9 Å². The van der Waals surface area contributed by atoms with E-state index in [4.69, 9.17) is 14.2 Å². The molecule has 0 amide bonds. The standard InChI is InChI=1S/C31H30FN3O5S/c1-7-40-30(37)27-18(3)33-31-35(28(27)20-8-13-24(38-5)25(15-20)39-6)29(36)26(41-31)16-21-14-17(2)34(19(21)4)23-11-9-22(32)10-12-23/h8-16,28H,7H2,1-6H3/b26-16-/t28-/m1/s1. The van der Waals surface area contributed by atoms with E-state index >= 15 is 0 Å². The maximum absolute atomic E-state index is 14.0. The van der Waals surface area contributed by atoms with Crippen molar-refractivity contribution in [2.45, 2.75) is 33.7 Å². The Morgan fingerprint density at radius 3 is 2.41 bits per heavy atom. The Morgan fingerprint density at radius 1 is 1.05 bits per heavy atom. The third-order valence-electron chi connectivity index (χ3n) is 7.08. The van der Waals surface area contributed by atoms with E-state index in [0.717, 1.165) is 22.6 Å². The predicted octanol–water partition coefficient (Wildman–Crippen LogP) is 4.36. The van der Waals surface area contributed by atoms with Crippen molar-refractivity contribution in [3.63, 3.8) is 0 Å². The molecule has 1 atom stereocenters. The van der Waals surface area contributed by atoms with Gasteiger partial charge in [-0.2, -0.15) is 0 Å². The number of hydrogen-bond donors (Lipinski definition) is 0. The summed E-state index contributed by atoms with van der Waals surface area (Å²) in [5, 5.41) is 0. The van der Waals surface area contributed by atoms with Crippen LogP contribution in [0.4, 0.5) is 4.39 Å². The van der Waals surface area contributed by atoms with Gasteiger partial charge in [0.15, 0.2) is 16.3 Å². The molecule has 0 bridgehead atoms. The lowest BCUT2D eigenvalue weighted by Gasteiger charge is -2.25. The highest BCUT2D eigenvalue weighted by Crippen LogP contribution is 2.36. The molecule has 2 aromatic carbocycles.